The minimum absolute atomic E-state index is 0.0682. The fourth-order valence-electron chi connectivity index (χ4n) is 3.79. The molecule has 1 heterocycles. The van der Waals surface area contributed by atoms with Crippen LogP contribution in [0.1, 0.15) is 31.4 Å². The van der Waals surface area contributed by atoms with E-state index in [4.69, 9.17) is 4.74 Å². The van der Waals surface area contributed by atoms with E-state index in [2.05, 4.69) is 0 Å². The third-order valence-corrected chi connectivity index (χ3v) is 5.38. The van der Waals surface area contributed by atoms with Crippen molar-refractivity contribution in [2.24, 2.45) is 0 Å². The lowest BCUT2D eigenvalue weighted by molar-refractivity contribution is -0.152. The highest BCUT2D eigenvalue weighted by Crippen LogP contribution is 2.25. The fourth-order valence-corrected chi connectivity index (χ4v) is 3.79. The maximum Gasteiger partial charge on any atom is 0.333 e. The Kier molecular flexibility index (Phi) is 7.07. The molecule has 32 heavy (non-hydrogen) atoms. The highest BCUT2D eigenvalue weighted by atomic mass is 19.1. The Bertz CT molecular complexity index is 1200. The molecule has 0 aliphatic heterocycles. The molecule has 0 aliphatic carbocycles. The molecule has 0 fully saturated rings. The standard InChI is InChI=1S/C23H25F2N3O4/c1-4-12-27-18-7-5-6-8-19(18)28(23(27)31)13-11-20(29)26(2)21(22(30)32-3)16-14-15(24)9-10-17(16)25/h5-10,14,21H,4,11-13H2,1-3H3/t21-/m0/s1. The van der Waals surface area contributed by atoms with E-state index in [1.807, 2.05) is 25.1 Å². The number of carbonyl (C=O) groups excluding carboxylic acids is 2. The molecule has 0 N–H and O–H groups in total. The zero-order chi connectivity index (χ0) is 23.4. The number of hydrogen-bond donors (Lipinski definition) is 0. The van der Waals surface area contributed by atoms with Crippen molar-refractivity contribution in [2.45, 2.75) is 38.9 Å². The first-order valence-electron chi connectivity index (χ1n) is 10.3. The molecule has 0 unspecified atom stereocenters. The van der Waals surface area contributed by atoms with E-state index in [9.17, 15) is 23.2 Å². The Labute approximate surface area is 183 Å². The van der Waals surface area contributed by atoms with Gasteiger partial charge in [-0.25, -0.2) is 18.4 Å². The third kappa shape index (κ3) is 4.42. The number of likely N-dealkylation sites (N-methyl/N-ethyl adjacent to an activating group) is 1. The molecular weight excluding hydrogens is 420 g/mol. The zero-order valence-corrected chi connectivity index (χ0v) is 18.2. The summed E-state index contributed by atoms with van der Waals surface area (Å²) in [7, 11) is 2.42. The van der Waals surface area contributed by atoms with Crippen LogP contribution in [-0.2, 0) is 27.4 Å². The molecule has 9 heteroatoms. The predicted octanol–water partition coefficient (Wildman–Crippen LogP) is 3.25. The second-order valence-electron chi connectivity index (χ2n) is 7.42. The lowest BCUT2D eigenvalue weighted by Crippen LogP contribution is -2.38. The first-order valence-corrected chi connectivity index (χ1v) is 10.3. The van der Waals surface area contributed by atoms with Crippen LogP contribution in [0.2, 0.25) is 0 Å². The molecule has 1 atom stereocenters. The number of fused-ring (bicyclic) bond motifs is 1. The van der Waals surface area contributed by atoms with E-state index >= 15 is 0 Å². The van der Waals surface area contributed by atoms with Gasteiger partial charge < -0.3 is 9.64 Å². The highest BCUT2D eigenvalue weighted by Gasteiger charge is 2.32. The summed E-state index contributed by atoms with van der Waals surface area (Å²) >= 11 is 0. The molecule has 0 saturated carbocycles. The number of esters is 1. The average molecular weight is 445 g/mol. The van der Waals surface area contributed by atoms with Crippen molar-refractivity contribution in [3.8, 4) is 0 Å². The second kappa shape index (κ2) is 9.76. The molecule has 170 valence electrons. The highest BCUT2D eigenvalue weighted by molar-refractivity contribution is 5.85. The molecule has 0 spiro atoms. The lowest BCUT2D eigenvalue weighted by atomic mass is 10.0. The van der Waals surface area contributed by atoms with Gasteiger partial charge in [0.05, 0.1) is 18.1 Å². The minimum atomic E-state index is -1.46. The quantitative estimate of drug-likeness (QED) is 0.499. The topological polar surface area (TPSA) is 73.5 Å². The van der Waals surface area contributed by atoms with Crippen molar-refractivity contribution in [1.82, 2.24) is 14.0 Å². The Morgan fingerprint density at radius 2 is 1.69 bits per heavy atom. The van der Waals surface area contributed by atoms with Crippen LogP contribution in [-0.4, -0.2) is 40.1 Å². The van der Waals surface area contributed by atoms with Crippen molar-refractivity contribution >= 4 is 22.9 Å². The number of hydrogen-bond acceptors (Lipinski definition) is 4. The third-order valence-electron chi connectivity index (χ3n) is 5.38. The Morgan fingerprint density at radius 1 is 1.06 bits per heavy atom. The van der Waals surface area contributed by atoms with Gasteiger partial charge in [0.15, 0.2) is 6.04 Å². The number of aryl methyl sites for hydroxylation is 2. The molecule has 2 aromatic carbocycles. The summed E-state index contributed by atoms with van der Waals surface area (Å²) in [5.41, 5.74) is 0.935. The predicted molar refractivity (Wildman–Crippen MR) is 115 cm³/mol. The molecule has 0 bridgehead atoms. The number of aromatic nitrogens is 2. The SMILES string of the molecule is CCCn1c(=O)n(CCC(=O)N(C)[C@H](C(=O)OC)c2cc(F)ccc2F)c2ccccc21. The number of ether oxygens (including phenoxy) is 1. The Hall–Kier alpha value is -3.49. The van der Waals surface area contributed by atoms with E-state index in [1.54, 1.807) is 10.6 Å². The Balaban J connectivity index is 1.88. The summed E-state index contributed by atoms with van der Waals surface area (Å²) in [6, 6.07) is 8.51. The van der Waals surface area contributed by atoms with Crippen LogP contribution < -0.4 is 5.69 Å². The normalized spacial score (nSPS) is 12.0. The smallest absolute Gasteiger partial charge is 0.333 e. The lowest BCUT2D eigenvalue weighted by Gasteiger charge is -2.27. The van der Waals surface area contributed by atoms with E-state index in [-0.39, 0.29) is 24.2 Å². The molecule has 3 rings (SSSR count). The van der Waals surface area contributed by atoms with Crippen LogP contribution in [0.3, 0.4) is 0 Å². The van der Waals surface area contributed by atoms with Gasteiger partial charge in [-0.1, -0.05) is 19.1 Å². The maximum absolute atomic E-state index is 14.3. The molecular formula is C23H25F2N3O4. The molecule has 1 amide bonds. The number of nitrogens with zero attached hydrogens (tertiary/aromatic N) is 3. The number of methoxy groups -OCH3 is 1. The monoisotopic (exact) mass is 445 g/mol. The fraction of sp³-hybridized carbons (Fsp3) is 0.348. The van der Waals surface area contributed by atoms with Crippen LogP contribution in [0.15, 0.2) is 47.3 Å². The van der Waals surface area contributed by atoms with E-state index in [0.717, 1.165) is 42.1 Å². The summed E-state index contributed by atoms with van der Waals surface area (Å²) in [6.07, 6.45) is 0.649. The minimum Gasteiger partial charge on any atom is -0.467 e. The van der Waals surface area contributed by atoms with E-state index in [1.165, 1.54) is 11.6 Å². The van der Waals surface area contributed by atoms with Crippen molar-refractivity contribution in [2.75, 3.05) is 14.2 Å². The van der Waals surface area contributed by atoms with Crippen molar-refractivity contribution < 1.29 is 23.1 Å². The summed E-state index contributed by atoms with van der Waals surface area (Å²) < 4.78 is 35.9. The van der Waals surface area contributed by atoms with Gasteiger partial charge in [0.2, 0.25) is 5.91 Å². The number of amides is 1. The van der Waals surface area contributed by atoms with Crippen molar-refractivity contribution in [1.29, 1.82) is 0 Å². The van der Waals surface area contributed by atoms with Gasteiger partial charge in [-0.15, -0.1) is 0 Å². The summed E-state index contributed by atoms with van der Waals surface area (Å²) in [5, 5.41) is 0. The van der Waals surface area contributed by atoms with Crippen LogP contribution >= 0.6 is 0 Å². The van der Waals surface area contributed by atoms with Crippen LogP contribution in [0, 0.1) is 11.6 Å². The number of para-hydroxylation sites is 2. The number of imidazole rings is 1. The van der Waals surface area contributed by atoms with Crippen molar-refractivity contribution in [3.63, 3.8) is 0 Å². The summed E-state index contributed by atoms with van der Waals surface area (Å²) in [4.78, 5) is 39.1. The van der Waals surface area contributed by atoms with Crippen LogP contribution in [0.5, 0.6) is 0 Å². The molecule has 3 aromatic rings. The van der Waals surface area contributed by atoms with E-state index < -0.39 is 29.6 Å². The van der Waals surface area contributed by atoms with Gasteiger partial charge >= 0.3 is 11.7 Å². The zero-order valence-electron chi connectivity index (χ0n) is 18.2. The average Bonchev–Trinajstić information content (AvgIpc) is 3.05. The van der Waals surface area contributed by atoms with Gasteiger partial charge in [-0.3, -0.25) is 13.9 Å². The molecule has 1 aromatic heterocycles. The number of benzene rings is 2. The first-order chi connectivity index (χ1) is 15.3. The van der Waals surface area contributed by atoms with Gasteiger partial charge in [-0.2, -0.15) is 0 Å². The molecule has 7 nitrogen and oxygen atoms in total. The number of carbonyl (C=O) groups is 2. The largest absolute Gasteiger partial charge is 0.467 e. The molecule has 0 aliphatic rings. The molecule has 0 saturated heterocycles. The van der Waals surface area contributed by atoms with Crippen LogP contribution in [0.4, 0.5) is 8.78 Å². The van der Waals surface area contributed by atoms with Gasteiger partial charge in [0, 0.05) is 32.1 Å². The number of rotatable bonds is 8. The summed E-state index contributed by atoms with van der Waals surface area (Å²) in [6.45, 7) is 2.58. The van der Waals surface area contributed by atoms with E-state index in [0.29, 0.717) is 12.1 Å². The molecule has 0 radical (unpaired) electrons. The van der Waals surface area contributed by atoms with Crippen LogP contribution in [0.25, 0.3) is 11.0 Å². The van der Waals surface area contributed by atoms with Gasteiger partial charge in [-0.05, 0) is 36.8 Å². The van der Waals surface area contributed by atoms with Gasteiger partial charge in [0.25, 0.3) is 0 Å². The van der Waals surface area contributed by atoms with Gasteiger partial charge in [0.1, 0.15) is 11.6 Å². The second-order valence-corrected chi connectivity index (χ2v) is 7.42. The first kappa shape index (κ1) is 23.2. The Morgan fingerprint density at radius 3 is 2.28 bits per heavy atom. The number of halogens is 2. The maximum atomic E-state index is 14.3. The van der Waals surface area contributed by atoms with Crippen molar-refractivity contribution in [3.05, 3.63) is 70.1 Å². The summed E-state index contributed by atoms with van der Waals surface area (Å²) in [5.74, 6) is -3.00.